The summed E-state index contributed by atoms with van der Waals surface area (Å²) in [4.78, 5) is 2.48. The van der Waals surface area contributed by atoms with Crippen molar-refractivity contribution in [2.24, 2.45) is 11.3 Å². The highest BCUT2D eigenvalue weighted by Gasteiger charge is 2.58. The van der Waals surface area contributed by atoms with Crippen LogP contribution in [0.3, 0.4) is 0 Å². The third kappa shape index (κ3) is 2.57. The minimum Gasteiger partial charge on any atom is -0.378 e. The highest BCUT2D eigenvalue weighted by Crippen LogP contribution is 2.57. The first-order valence-corrected chi connectivity index (χ1v) is 8.28. The van der Waals surface area contributed by atoms with Crippen molar-refractivity contribution in [2.45, 2.75) is 57.6 Å². The standard InChI is InChI=1S/C16H30N2O/c1-3-19-15-10-14(16(15)7-5-8-16)17-11-13-6-4-9-18(2)12-13/h13-15,17H,3-12H2,1-2H3. The first-order chi connectivity index (χ1) is 9.24. The van der Waals surface area contributed by atoms with Gasteiger partial charge < -0.3 is 15.0 Å². The molecule has 1 N–H and O–H groups in total. The van der Waals surface area contributed by atoms with E-state index in [4.69, 9.17) is 4.74 Å². The average Bonchev–Trinajstić information content (AvgIpc) is 2.31. The van der Waals surface area contributed by atoms with Crippen LogP contribution in [0.15, 0.2) is 0 Å². The average molecular weight is 266 g/mol. The molecule has 0 bridgehead atoms. The lowest BCUT2D eigenvalue weighted by Crippen LogP contribution is -2.67. The summed E-state index contributed by atoms with van der Waals surface area (Å²) in [5.41, 5.74) is 0.524. The van der Waals surface area contributed by atoms with E-state index in [0.717, 1.165) is 18.6 Å². The maximum absolute atomic E-state index is 5.93. The summed E-state index contributed by atoms with van der Waals surface area (Å²) >= 11 is 0. The molecule has 3 fully saturated rings. The fourth-order valence-corrected chi connectivity index (χ4v) is 4.47. The lowest BCUT2D eigenvalue weighted by Gasteiger charge is -2.61. The highest BCUT2D eigenvalue weighted by atomic mass is 16.5. The van der Waals surface area contributed by atoms with Gasteiger partial charge in [0.2, 0.25) is 0 Å². The van der Waals surface area contributed by atoms with Crippen molar-refractivity contribution in [1.82, 2.24) is 10.2 Å². The maximum Gasteiger partial charge on any atom is 0.0661 e. The van der Waals surface area contributed by atoms with Crippen molar-refractivity contribution >= 4 is 0 Å². The molecule has 0 radical (unpaired) electrons. The molecular weight excluding hydrogens is 236 g/mol. The van der Waals surface area contributed by atoms with E-state index in [0.29, 0.717) is 11.5 Å². The lowest BCUT2D eigenvalue weighted by molar-refractivity contribution is -0.173. The van der Waals surface area contributed by atoms with Gasteiger partial charge in [-0.3, -0.25) is 0 Å². The molecule has 3 rings (SSSR count). The second-order valence-corrected chi connectivity index (χ2v) is 7.00. The fourth-order valence-electron chi connectivity index (χ4n) is 4.47. The zero-order valence-electron chi connectivity index (χ0n) is 12.7. The second-order valence-electron chi connectivity index (χ2n) is 7.00. The Morgan fingerprint density at radius 2 is 2.16 bits per heavy atom. The maximum atomic E-state index is 5.93. The number of nitrogens with one attached hydrogen (secondary N) is 1. The van der Waals surface area contributed by atoms with Crippen LogP contribution >= 0.6 is 0 Å². The minimum atomic E-state index is 0.524. The molecule has 3 atom stereocenters. The molecule has 1 spiro atoms. The van der Waals surface area contributed by atoms with Crippen molar-refractivity contribution in [3.8, 4) is 0 Å². The number of rotatable bonds is 5. The normalized spacial score (nSPS) is 37.9. The van der Waals surface area contributed by atoms with Crippen LogP contribution in [0.5, 0.6) is 0 Å². The van der Waals surface area contributed by atoms with Gasteiger partial charge in [0.15, 0.2) is 0 Å². The zero-order chi connectivity index (χ0) is 13.3. The van der Waals surface area contributed by atoms with E-state index >= 15 is 0 Å². The summed E-state index contributed by atoms with van der Waals surface area (Å²) in [5.74, 6) is 0.863. The third-order valence-corrected chi connectivity index (χ3v) is 5.81. The van der Waals surface area contributed by atoms with Crippen LogP contribution in [0.4, 0.5) is 0 Å². The number of likely N-dealkylation sites (tertiary alicyclic amines) is 1. The molecule has 110 valence electrons. The van der Waals surface area contributed by atoms with Crippen LogP contribution in [0.25, 0.3) is 0 Å². The van der Waals surface area contributed by atoms with Crippen molar-refractivity contribution in [3.05, 3.63) is 0 Å². The number of piperidine rings is 1. The van der Waals surface area contributed by atoms with Crippen molar-refractivity contribution in [3.63, 3.8) is 0 Å². The van der Waals surface area contributed by atoms with Gasteiger partial charge in [-0.15, -0.1) is 0 Å². The molecule has 1 saturated heterocycles. The Morgan fingerprint density at radius 3 is 2.79 bits per heavy atom. The molecule has 1 aliphatic heterocycles. The van der Waals surface area contributed by atoms with Gasteiger partial charge in [-0.2, -0.15) is 0 Å². The van der Waals surface area contributed by atoms with Crippen LogP contribution in [0.2, 0.25) is 0 Å². The molecule has 3 aliphatic rings. The molecule has 3 heteroatoms. The van der Waals surface area contributed by atoms with E-state index < -0.39 is 0 Å². The van der Waals surface area contributed by atoms with Gasteiger partial charge in [0.05, 0.1) is 6.10 Å². The van der Waals surface area contributed by atoms with Gasteiger partial charge >= 0.3 is 0 Å². The molecule has 0 aromatic carbocycles. The lowest BCUT2D eigenvalue weighted by atomic mass is 9.51. The molecule has 3 unspecified atom stereocenters. The largest absolute Gasteiger partial charge is 0.378 e. The monoisotopic (exact) mass is 266 g/mol. The Kier molecular flexibility index (Phi) is 4.16. The number of nitrogens with zero attached hydrogens (tertiary/aromatic N) is 1. The highest BCUT2D eigenvalue weighted by molar-refractivity contribution is 5.12. The fraction of sp³-hybridized carbons (Fsp3) is 1.00. The first kappa shape index (κ1) is 13.8. The zero-order valence-corrected chi connectivity index (χ0v) is 12.7. The minimum absolute atomic E-state index is 0.524. The predicted octanol–water partition coefficient (Wildman–Crippen LogP) is 2.27. The predicted molar refractivity (Wildman–Crippen MR) is 78.3 cm³/mol. The van der Waals surface area contributed by atoms with Crippen molar-refractivity contribution in [2.75, 3.05) is 33.3 Å². The van der Waals surface area contributed by atoms with Crippen LogP contribution in [-0.2, 0) is 4.74 Å². The third-order valence-electron chi connectivity index (χ3n) is 5.81. The summed E-state index contributed by atoms with van der Waals surface area (Å²) in [6, 6.07) is 0.741. The van der Waals surface area contributed by atoms with Crippen LogP contribution < -0.4 is 5.32 Å². The van der Waals surface area contributed by atoms with Gasteiger partial charge in [-0.25, -0.2) is 0 Å². The van der Waals surface area contributed by atoms with E-state index in [1.54, 1.807) is 0 Å². The molecule has 2 aliphatic carbocycles. The summed E-state index contributed by atoms with van der Waals surface area (Å²) in [6.07, 6.45) is 8.77. The smallest absolute Gasteiger partial charge is 0.0661 e. The number of ether oxygens (including phenoxy) is 1. The topological polar surface area (TPSA) is 24.5 Å². The number of hydrogen-bond acceptors (Lipinski definition) is 3. The molecule has 2 saturated carbocycles. The Hall–Kier alpha value is -0.120. The van der Waals surface area contributed by atoms with Crippen molar-refractivity contribution < 1.29 is 4.74 Å². The van der Waals surface area contributed by atoms with E-state index in [2.05, 4.69) is 24.2 Å². The first-order valence-electron chi connectivity index (χ1n) is 8.28. The van der Waals surface area contributed by atoms with E-state index in [1.165, 1.54) is 58.2 Å². The summed E-state index contributed by atoms with van der Waals surface area (Å²) < 4.78 is 5.93. The van der Waals surface area contributed by atoms with E-state index in [1.807, 2.05) is 0 Å². The number of hydrogen-bond donors (Lipinski definition) is 1. The SMILES string of the molecule is CCOC1CC(NCC2CCCN(C)C2)C12CCC2. The van der Waals surface area contributed by atoms with Gasteiger partial charge in [-0.05, 0) is 65.1 Å². The second kappa shape index (κ2) is 5.71. The van der Waals surface area contributed by atoms with Crippen LogP contribution in [0, 0.1) is 11.3 Å². The summed E-state index contributed by atoms with van der Waals surface area (Å²) in [5, 5.41) is 3.88. The molecular formula is C16H30N2O. The van der Waals surface area contributed by atoms with E-state index in [9.17, 15) is 0 Å². The Bertz CT molecular complexity index is 303. The van der Waals surface area contributed by atoms with Crippen LogP contribution in [0.1, 0.15) is 45.4 Å². The van der Waals surface area contributed by atoms with Gasteiger partial charge in [0.1, 0.15) is 0 Å². The molecule has 0 aromatic heterocycles. The Morgan fingerprint density at radius 1 is 1.32 bits per heavy atom. The van der Waals surface area contributed by atoms with Crippen LogP contribution in [-0.4, -0.2) is 50.3 Å². The Balaban J connectivity index is 1.46. The summed E-state index contributed by atoms with van der Waals surface area (Å²) in [6.45, 7) is 6.80. The van der Waals surface area contributed by atoms with Gasteiger partial charge in [-0.1, -0.05) is 6.42 Å². The van der Waals surface area contributed by atoms with Crippen molar-refractivity contribution in [1.29, 1.82) is 0 Å². The molecule has 1 heterocycles. The molecule has 3 nitrogen and oxygen atoms in total. The Labute approximate surface area is 118 Å². The molecule has 0 aromatic rings. The molecule has 19 heavy (non-hydrogen) atoms. The van der Waals surface area contributed by atoms with Gasteiger partial charge in [0.25, 0.3) is 0 Å². The molecule has 0 amide bonds. The quantitative estimate of drug-likeness (QED) is 0.826. The summed E-state index contributed by atoms with van der Waals surface area (Å²) in [7, 11) is 2.26. The van der Waals surface area contributed by atoms with Gasteiger partial charge in [0, 0.05) is 24.6 Å². The van der Waals surface area contributed by atoms with E-state index in [-0.39, 0.29) is 0 Å².